The number of carbonyl (C=O) groups is 1. The summed E-state index contributed by atoms with van der Waals surface area (Å²) in [5.41, 5.74) is 0.320. The van der Waals surface area contributed by atoms with E-state index in [4.69, 9.17) is 11.6 Å². The highest BCUT2D eigenvalue weighted by atomic mass is 35.5. The number of halogens is 1. The van der Waals surface area contributed by atoms with E-state index in [0.717, 1.165) is 5.56 Å². The van der Waals surface area contributed by atoms with E-state index >= 15 is 0 Å². The molecule has 1 heterocycles. The van der Waals surface area contributed by atoms with Gasteiger partial charge in [0.25, 0.3) is 0 Å². The largest absolute Gasteiger partial charge is 0.310 e. The Bertz CT molecular complexity index is 582. The molecule has 4 heteroatoms. The van der Waals surface area contributed by atoms with Gasteiger partial charge in [0.2, 0.25) is 5.91 Å². The lowest BCUT2D eigenvalue weighted by Gasteiger charge is -2.23. The number of carbonyl (C=O) groups excluding carboxylic acids is 1. The van der Waals surface area contributed by atoms with Crippen LogP contribution in [0.5, 0.6) is 0 Å². The molecular formula is C15H15ClN2O. The molecule has 19 heavy (non-hydrogen) atoms. The predicted octanol–water partition coefficient (Wildman–Crippen LogP) is 3.65. The van der Waals surface area contributed by atoms with E-state index < -0.39 is 5.41 Å². The van der Waals surface area contributed by atoms with Gasteiger partial charge in [0.1, 0.15) is 5.82 Å². The summed E-state index contributed by atoms with van der Waals surface area (Å²) >= 11 is 5.87. The molecule has 3 nitrogen and oxygen atoms in total. The van der Waals surface area contributed by atoms with Gasteiger partial charge >= 0.3 is 0 Å². The molecule has 2 rings (SSSR count). The van der Waals surface area contributed by atoms with E-state index in [-0.39, 0.29) is 5.91 Å². The first kappa shape index (κ1) is 13.6. The fourth-order valence-corrected chi connectivity index (χ4v) is 1.89. The van der Waals surface area contributed by atoms with Crippen LogP contribution in [0.15, 0.2) is 48.7 Å². The molecule has 0 aliphatic heterocycles. The van der Waals surface area contributed by atoms with Crippen LogP contribution in [0.25, 0.3) is 0 Å². The van der Waals surface area contributed by atoms with Crippen LogP contribution in [-0.2, 0) is 10.2 Å². The summed E-state index contributed by atoms with van der Waals surface area (Å²) in [5, 5.41) is 3.33. The van der Waals surface area contributed by atoms with Crippen molar-refractivity contribution in [2.45, 2.75) is 19.3 Å². The molecule has 0 saturated carbocycles. The number of anilines is 1. The van der Waals surface area contributed by atoms with E-state index in [1.54, 1.807) is 18.3 Å². The van der Waals surface area contributed by atoms with Crippen LogP contribution >= 0.6 is 11.6 Å². The van der Waals surface area contributed by atoms with Crippen molar-refractivity contribution in [2.24, 2.45) is 0 Å². The molecule has 0 spiro atoms. The average molecular weight is 275 g/mol. The Hall–Kier alpha value is -1.87. The smallest absolute Gasteiger partial charge is 0.235 e. The van der Waals surface area contributed by atoms with Crippen molar-refractivity contribution >= 4 is 23.3 Å². The topological polar surface area (TPSA) is 42.0 Å². The van der Waals surface area contributed by atoms with Gasteiger partial charge in [-0.25, -0.2) is 4.98 Å². The second-order valence-electron chi connectivity index (χ2n) is 4.80. The van der Waals surface area contributed by atoms with Crippen LogP contribution in [0.1, 0.15) is 19.4 Å². The second kappa shape index (κ2) is 5.41. The third-order valence-corrected chi connectivity index (χ3v) is 3.26. The number of hydrogen-bond acceptors (Lipinski definition) is 2. The summed E-state index contributed by atoms with van der Waals surface area (Å²) in [6, 6.07) is 12.9. The molecule has 0 bridgehead atoms. The average Bonchev–Trinajstić information content (AvgIpc) is 2.39. The van der Waals surface area contributed by atoms with Gasteiger partial charge in [-0.05, 0) is 31.5 Å². The maximum Gasteiger partial charge on any atom is 0.235 e. The van der Waals surface area contributed by atoms with Gasteiger partial charge in [-0.2, -0.15) is 0 Å². The highest BCUT2D eigenvalue weighted by Crippen LogP contribution is 2.24. The Kier molecular flexibility index (Phi) is 3.86. The van der Waals surface area contributed by atoms with Crippen molar-refractivity contribution in [2.75, 3.05) is 5.32 Å². The van der Waals surface area contributed by atoms with E-state index in [9.17, 15) is 4.79 Å². The zero-order chi connectivity index (χ0) is 13.9. The molecule has 0 aliphatic rings. The maximum atomic E-state index is 12.4. The van der Waals surface area contributed by atoms with Gasteiger partial charge < -0.3 is 5.32 Å². The minimum atomic E-state index is -0.634. The minimum absolute atomic E-state index is 0.117. The van der Waals surface area contributed by atoms with E-state index in [1.807, 2.05) is 44.2 Å². The molecule has 98 valence electrons. The predicted molar refractivity (Wildman–Crippen MR) is 77.3 cm³/mol. The van der Waals surface area contributed by atoms with Gasteiger partial charge in [0, 0.05) is 11.2 Å². The monoisotopic (exact) mass is 274 g/mol. The Morgan fingerprint density at radius 3 is 2.53 bits per heavy atom. The molecule has 0 aliphatic carbocycles. The van der Waals surface area contributed by atoms with Crippen molar-refractivity contribution < 1.29 is 4.79 Å². The first-order chi connectivity index (χ1) is 9.00. The number of nitrogens with one attached hydrogen (secondary N) is 1. The van der Waals surface area contributed by atoms with Crippen molar-refractivity contribution in [1.29, 1.82) is 0 Å². The van der Waals surface area contributed by atoms with Crippen LogP contribution in [0, 0.1) is 0 Å². The number of rotatable bonds is 3. The lowest BCUT2D eigenvalue weighted by Crippen LogP contribution is -2.34. The standard InChI is InChI=1S/C15H15ClN2O/c1-15(2,11-6-4-3-5-7-11)14(19)18-13-10-12(16)8-9-17-13/h3-10H,1-2H3,(H,17,18,19). The fraction of sp³-hybridized carbons (Fsp3) is 0.200. The summed E-state index contributed by atoms with van der Waals surface area (Å²) in [6.45, 7) is 3.75. The third-order valence-electron chi connectivity index (χ3n) is 3.03. The van der Waals surface area contributed by atoms with Crippen LogP contribution < -0.4 is 5.32 Å². The summed E-state index contributed by atoms with van der Waals surface area (Å²) < 4.78 is 0. The number of pyridine rings is 1. The molecule has 0 radical (unpaired) electrons. The summed E-state index contributed by atoms with van der Waals surface area (Å²) in [4.78, 5) is 16.4. The first-order valence-electron chi connectivity index (χ1n) is 5.98. The van der Waals surface area contributed by atoms with Crippen molar-refractivity contribution in [1.82, 2.24) is 4.98 Å². The number of amides is 1. The SMILES string of the molecule is CC(C)(C(=O)Nc1cc(Cl)ccn1)c1ccccc1. The fourth-order valence-electron chi connectivity index (χ4n) is 1.73. The van der Waals surface area contributed by atoms with Crippen LogP contribution in [-0.4, -0.2) is 10.9 Å². The second-order valence-corrected chi connectivity index (χ2v) is 5.24. The van der Waals surface area contributed by atoms with Gasteiger partial charge in [0.15, 0.2) is 0 Å². The van der Waals surface area contributed by atoms with E-state index in [1.165, 1.54) is 0 Å². The normalized spacial score (nSPS) is 11.1. The first-order valence-corrected chi connectivity index (χ1v) is 6.36. The Morgan fingerprint density at radius 2 is 1.89 bits per heavy atom. The molecule has 2 aromatic rings. The summed E-state index contributed by atoms with van der Waals surface area (Å²) in [7, 11) is 0. The molecule has 1 aromatic carbocycles. The van der Waals surface area contributed by atoms with E-state index in [2.05, 4.69) is 10.3 Å². The molecule has 1 amide bonds. The number of benzene rings is 1. The van der Waals surface area contributed by atoms with Gasteiger partial charge in [-0.15, -0.1) is 0 Å². The maximum absolute atomic E-state index is 12.4. The Labute approximate surface area is 117 Å². The third kappa shape index (κ3) is 3.12. The highest BCUT2D eigenvalue weighted by molar-refractivity contribution is 6.30. The highest BCUT2D eigenvalue weighted by Gasteiger charge is 2.29. The lowest BCUT2D eigenvalue weighted by atomic mass is 9.84. The Morgan fingerprint density at radius 1 is 1.21 bits per heavy atom. The van der Waals surface area contributed by atoms with Gasteiger partial charge in [-0.1, -0.05) is 41.9 Å². The Balaban J connectivity index is 2.20. The molecule has 1 N–H and O–H groups in total. The molecule has 0 atom stereocenters. The molecular weight excluding hydrogens is 260 g/mol. The van der Waals surface area contributed by atoms with Crippen molar-refractivity contribution in [3.05, 3.63) is 59.2 Å². The molecule has 0 unspecified atom stereocenters. The quantitative estimate of drug-likeness (QED) is 0.928. The number of hydrogen-bond donors (Lipinski definition) is 1. The zero-order valence-electron chi connectivity index (χ0n) is 10.9. The van der Waals surface area contributed by atoms with Crippen molar-refractivity contribution in [3.63, 3.8) is 0 Å². The zero-order valence-corrected chi connectivity index (χ0v) is 11.6. The van der Waals surface area contributed by atoms with E-state index in [0.29, 0.717) is 10.8 Å². The number of aromatic nitrogens is 1. The van der Waals surface area contributed by atoms with Gasteiger partial charge in [-0.3, -0.25) is 4.79 Å². The van der Waals surface area contributed by atoms with Crippen LogP contribution in [0.2, 0.25) is 5.02 Å². The van der Waals surface area contributed by atoms with Gasteiger partial charge in [0.05, 0.1) is 5.41 Å². The number of nitrogens with zero attached hydrogens (tertiary/aromatic N) is 1. The minimum Gasteiger partial charge on any atom is -0.310 e. The summed E-state index contributed by atoms with van der Waals surface area (Å²) in [5.74, 6) is 0.343. The van der Waals surface area contributed by atoms with Crippen LogP contribution in [0.3, 0.4) is 0 Å². The molecule has 1 aromatic heterocycles. The van der Waals surface area contributed by atoms with Crippen LogP contribution in [0.4, 0.5) is 5.82 Å². The molecule has 0 fully saturated rings. The van der Waals surface area contributed by atoms with Crippen molar-refractivity contribution in [3.8, 4) is 0 Å². The molecule has 0 saturated heterocycles. The summed E-state index contributed by atoms with van der Waals surface area (Å²) in [6.07, 6.45) is 1.56. The lowest BCUT2D eigenvalue weighted by molar-refractivity contribution is -0.120.